The molecule has 1 amide bonds. The third kappa shape index (κ3) is 9.17. The van der Waals surface area contributed by atoms with Crippen molar-refractivity contribution < 1.29 is 28.9 Å². The van der Waals surface area contributed by atoms with Gasteiger partial charge in [-0.05, 0) is 76.3 Å². The summed E-state index contributed by atoms with van der Waals surface area (Å²) in [7, 11) is 0. The molecule has 0 fully saturated rings. The van der Waals surface area contributed by atoms with Crippen molar-refractivity contribution in [1.82, 2.24) is 5.32 Å². The van der Waals surface area contributed by atoms with Crippen LogP contribution in [0.4, 0.5) is 0 Å². The van der Waals surface area contributed by atoms with Crippen LogP contribution in [0.15, 0.2) is 59.6 Å². The fraction of sp³-hybridized carbons (Fsp3) is 0.500. The molecule has 0 aromatic heterocycles. The van der Waals surface area contributed by atoms with Crippen LogP contribution in [0.3, 0.4) is 0 Å². The zero-order chi connectivity index (χ0) is 27.4. The van der Waals surface area contributed by atoms with Gasteiger partial charge in [-0.1, -0.05) is 30.3 Å². The van der Waals surface area contributed by atoms with Gasteiger partial charge in [-0.2, -0.15) is 0 Å². The van der Waals surface area contributed by atoms with E-state index in [1.807, 2.05) is 51.1 Å². The third-order valence-electron chi connectivity index (χ3n) is 6.04. The summed E-state index contributed by atoms with van der Waals surface area (Å²) in [5, 5.41) is 11.9. The molecule has 0 aliphatic carbocycles. The van der Waals surface area contributed by atoms with Crippen LogP contribution in [0, 0.1) is 0 Å². The molecule has 38 heavy (non-hydrogen) atoms. The van der Waals surface area contributed by atoms with Gasteiger partial charge in [0.1, 0.15) is 18.0 Å². The molecule has 8 heteroatoms. The van der Waals surface area contributed by atoms with Crippen molar-refractivity contribution in [3.63, 3.8) is 0 Å². The van der Waals surface area contributed by atoms with Crippen molar-refractivity contribution in [3.8, 4) is 5.75 Å². The van der Waals surface area contributed by atoms with E-state index in [9.17, 15) is 9.59 Å². The number of rotatable bonds is 14. The Balaban J connectivity index is 1.64. The monoisotopic (exact) mass is 524 g/mol. The Hall–Kier alpha value is -3.39. The number of aliphatic hydroxyl groups is 1. The second-order valence-electron chi connectivity index (χ2n) is 10.5. The standard InChI is InChI=1S/C30H40N2O6/c1-29(2,3)38-26(34)17-18-30(28(35)31-19-8-7-12-23-10-5-4-6-11-23)22-37-27(32-30)24-13-15-25(16-14-24)36-21-9-20-33/h4-6,10-11,13-16,33H,7-9,12,17-22H2,1-3H3,(H,31,35)/t30-/m1/s1. The average Bonchev–Trinajstić information content (AvgIpc) is 3.33. The maximum absolute atomic E-state index is 13.4. The summed E-state index contributed by atoms with van der Waals surface area (Å²) in [5.74, 6) is 0.404. The molecule has 0 spiro atoms. The van der Waals surface area contributed by atoms with E-state index in [4.69, 9.17) is 24.3 Å². The molecular formula is C30H40N2O6. The number of aliphatic hydroxyl groups excluding tert-OH is 1. The first kappa shape index (κ1) is 29.2. The second kappa shape index (κ2) is 14.0. The quantitative estimate of drug-likeness (QED) is 0.283. The Kier molecular flexibility index (Phi) is 10.7. The summed E-state index contributed by atoms with van der Waals surface area (Å²) in [6, 6.07) is 17.5. The molecule has 0 bridgehead atoms. The lowest BCUT2D eigenvalue weighted by molar-refractivity contribution is -0.155. The lowest BCUT2D eigenvalue weighted by Crippen LogP contribution is -2.47. The zero-order valence-corrected chi connectivity index (χ0v) is 22.7. The molecule has 1 atom stereocenters. The van der Waals surface area contributed by atoms with Gasteiger partial charge in [0.15, 0.2) is 5.54 Å². The van der Waals surface area contributed by atoms with Crippen molar-refractivity contribution in [3.05, 3.63) is 65.7 Å². The number of amides is 1. The molecule has 2 N–H and O–H groups in total. The first-order valence-corrected chi connectivity index (χ1v) is 13.3. The first-order valence-electron chi connectivity index (χ1n) is 13.3. The maximum atomic E-state index is 13.4. The summed E-state index contributed by atoms with van der Waals surface area (Å²) in [5.41, 5.74) is 0.180. The van der Waals surface area contributed by atoms with Gasteiger partial charge in [-0.15, -0.1) is 0 Å². The summed E-state index contributed by atoms with van der Waals surface area (Å²) in [6.07, 6.45) is 3.52. The van der Waals surface area contributed by atoms with Crippen molar-refractivity contribution in [2.24, 2.45) is 4.99 Å². The molecule has 3 rings (SSSR count). The maximum Gasteiger partial charge on any atom is 0.306 e. The van der Waals surface area contributed by atoms with Gasteiger partial charge in [-0.25, -0.2) is 4.99 Å². The van der Waals surface area contributed by atoms with Crippen LogP contribution >= 0.6 is 0 Å². The fourth-order valence-corrected chi connectivity index (χ4v) is 4.07. The molecule has 0 unspecified atom stereocenters. The number of nitrogens with one attached hydrogen (secondary N) is 1. The predicted octanol–water partition coefficient (Wildman–Crippen LogP) is 4.22. The number of ether oxygens (including phenoxy) is 3. The van der Waals surface area contributed by atoms with Gasteiger partial charge in [-0.3, -0.25) is 9.59 Å². The van der Waals surface area contributed by atoms with Crippen molar-refractivity contribution in [1.29, 1.82) is 0 Å². The smallest absolute Gasteiger partial charge is 0.306 e. The van der Waals surface area contributed by atoms with E-state index in [0.29, 0.717) is 36.8 Å². The number of carbonyl (C=O) groups excluding carboxylic acids is 2. The Morgan fingerprint density at radius 3 is 2.47 bits per heavy atom. The second-order valence-corrected chi connectivity index (χ2v) is 10.5. The lowest BCUT2D eigenvalue weighted by Gasteiger charge is -2.24. The summed E-state index contributed by atoms with van der Waals surface area (Å²) < 4.78 is 16.9. The average molecular weight is 525 g/mol. The van der Waals surface area contributed by atoms with E-state index in [0.717, 1.165) is 19.3 Å². The molecule has 1 aliphatic heterocycles. The van der Waals surface area contributed by atoms with Crippen LogP contribution in [0.25, 0.3) is 0 Å². The summed E-state index contributed by atoms with van der Waals surface area (Å²) >= 11 is 0. The predicted molar refractivity (Wildman–Crippen MR) is 146 cm³/mol. The van der Waals surface area contributed by atoms with E-state index >= 15 is 0 Å². The number of benzene rings is 2. The van der Waals surface area contributed by atoms with E-state index < -0.39 is 11.1 Å². The zero-order valence-electron chi connectivity index (χ0n) is 22.7. The summed E-state index contributed by atoms with van der Waals surface area (Å²) in [4.78, 5) is 30.5. The highest BCUT2D eigenvalue weighted by atomic mass is 16.6. The number of nitrogens with zero attached hydrogens (tertiary/aromatic N) is 1. The Bertz CT molecular complexity index is 1060. The Labute approximate surface area is 225 Å². The highest BCUT2D eigenvalue weighted by Crippen LogP contribution is 2.29. The van der Waals surface area contributed by atoms with Gasteiger partial charge in [0.05, 0.1) is 6.61 Å². The Morgan fingerprint density at radius 2 is 1.79 bits per heavy atom. The molecular weight excluding hydrogens is 484 g/mol. The van der Waals surface area contributed by atoms with Crippen LogP contribution in [0.1, 0.15) is 64.0 Å². The molecule has 0 saturated carbocycles. The number of aliphatic imine (C=N–C) groups is 1. The molecule has 0 saturated heterocycles. The fourth-order valence-electron chi connectivity index (χ4n) is 4.07. The molecule has 1 aliphatic rings. The highest BCUT2D eigenvalue weighted by molar-refractivity contribution is 6.00. The van der Waals surface area contributed by atoms with Gasteiger partial charge < -0.3 is 24.6 Å². The van der Waals surface area contributed by atoms with Gasteiger partial charge >= 0.3 is 5.97 Å². The minimum atomic E-state index is -1.21. The normalized spacial score (nSPS) is 16.9. The van der Waals surface area contributed by atoms with Gasteiger partial charge in [0.2, 0.25) is 5.90 Å². The number of hydrogen-bond acceptors (Lipinski definition) is 7. The number of unbranched alkanes of at least 4 members (excludes halogenated alkanes) is 1. The van der Waals surface area contributed by atoms with E-state index in [1.165, 1.54) is 5.56 Å². The minimum absolute atomic E-state index is 0.0513. The van der Waals surface area contributed by atoms with Crippen molar-refractivity contribution in [2.75, 3.05) is 26.4 Å². The first-order chi connectivity index (χ1) is 18.2. The van der Waals surface area contributed by atoms with E-state index in [1.54, 1.807) is 12.1 Å². The number of carbonyl (C=O) groups is 2. The number of hydrogen-bond donors (Lipinski definition) is 2. The van der Waals surface area contributed by atoms with Crippen molar-refractivity contribution in [2.45, 2.75) is 70.4 Å². The SMILES string of the molecule is CC(C)(C)OC(=O)CC[C@]1(C(=O)NCCCCc2ccccc2)COC(c2ccc(OCCCO)cc2)=N1. The molecule has 2 aromatic rings. The van der Waals surface area contributed by atoms with Crippen LogP contribution in [-0.2, 0) is 25.5 Å². The highest BCUT2D eigenvalue weighted by Gasteiger charge is 2.44. The lowest BCUT2D eigenvalue weighted by atomic mass is 9.94. The Morgan fingerprint density at radius 1 is 1.05 bits per heavy atom. The molecule has 1 heterocycles. The third-order valence-corrected chi connectivity index (χ3v) is 6.04. The molecule has 8 nitrogen and oxygen atoms in total. The number of aryl methyl sites for hydroxylation is 1. The van der Waals surface area contributed by atoms with Gasteiger partial charge in [0, 0.05) is 31.6 Å². The largest absolute Gasteiger partial charge is 0.494 e. The molecule has 0 radical (unpaired) electrons. The summed E-state index contributed by atoms with van der Waals surface area (Å²) in [6.45, 7) is 6.51. The van der Waals surface area contributed by atoms with Crippen molar-refractivity contribution >= 4 is 17.8 Å². The van der Waals surface area contributed by atoms with Crippen LogP contribution in [0.2, 0.25) is 0 Å². The molecule has 2 aromatic carbocycles. The number of esters is 1. The van der Waals surface area contributed by atoms with E-state index in [-0.39, 0.29) is 37.9 Å². The minimum Gasteiger partial charge on any atom is -0.494 e. The van der Waals surface area contributed by atoms with Gasteiger partial charge in [0.25, 0.3) is 5.91 Å². The topological polar surface area (TPSA) is 106 Å². The molecule has 206 valence electrons. The van der Waals surface area contributed by atoms with Crippen LogP contribution in [0.5, 0.6) is 5.75 Å². The van der Waals surface area contributed by atoms with Crippen LogP contribution < -0.4 is 10.1 Å². The van der Waals surface area contributed by atoms with Crippen LogP contribution in [-0.4, -0.2) is 60.4 Å². The van der Waals surface area contributed by atoms with E-state index in [2.05, 4.69) is 17.4 Å².